The van der Waals surface area contributed by atoms with Crippen molar-refractivity contribution in [2.75, 3.05) is 12.3 Å². The number of rotatable bonds is 4. The maximum absolute atomic E-state index is 4.31. The van der Waals surface area contributed by atoms with Crippen LogP contribution in [0.25, 0.3) is 0 Å². The number of nitrogens with one attached hydrogen (secondary N) is 1. The van der Waals surface area contributed by atoms with Gasteiger partial charge in [-0.15, -0.1) is 11.8 Å². The fraction of sp³-hybridized carbons (Fsp3) is 0.727. The lowest BCUT2D eigenvalue weighted by Crippen LogP contribution is -2.37. The molecule has 0 atom stereocenters. The van der Waals surface area contributed by atoms with E-state index in [0.29, 0.717) is 0 Å². The van der Waals surface area contributed by atoms with Gasteiger partial charge >= 0.3 is 0 Å². The number of hydrogen-bond acceptors (Lipinski definition) is 3. The van der Waals surface area contributed by atoms with Gasteiger partial charge in [0.05, 0.1) is 10.7 Å². The Morgan fingerprint density at radius 3 is 2.60 bits per heavy atom. The highest BCUT2D eigenvalue weighted by molar-refractivity contribution is 7.99. The zero-order valence-electron chi connectivity index (χ0n) is 10.3. The van der Waals surface area contributed by atoms with Crippen LogP contribution in [0.15, 0.2) is 11.1 Å². The van der Waals surface area contributed by atoms with Gasteiger partial charge in [0.25, 0.3) is 0 Å². The van der Waals surface area contributed by atoms with Crippen molar-refractivity contribution in [1.29, 1.82) is 0 Å². The maximum Gasteiger partial charge on any atom is 0.0939 e. The third-order valence-electron chi connectivity index (χ3n) is 1.97. The Morgan fingerprint density at radius 1 is 1.47 bits per heavy atom. The first-order chi connectivity index (χ1) is 6.88. The molecule has 15 heavy (non-hydrogen) atoms. The van der Waals surface area contributed by atoms with Crippen LogP contribution in [0.3, 0.4) is 0 Å². The number of aromatic nitrogens is 2. The fourth-order valence-electron chi connectivity index (χ4n) is 1.30. The predicted octanol–water partition coefficient (Wildman–Crippen LogP) is 2.21. The first-order valence-corrected chi connectivity index (χ1v) is 6.25. The predicted molar refractivity (Wildman–Crippen MR) is 66.4 cm³/mol. The van der Waals surface area contributed by atoms with E-state index in [1.54, 1.807) is 0 Å². The molecule has 0 unspecified atom stereocenters. The number of nitrogens with zero attached hydrogens (tertiary/aromatic N) is 2. The molecule has 1 aromatic heterocycles. The summed E-state index contributed by atoms with van der Waals surface area (Å²) >= 11 is 1.85. The lowest BCUT2D eigenvalue weighted by atomic mass is 10.1. The molecule has 0 amide bonds. The van der Waals surface area contributed by atoms with Crippen molar-refractivity contribution in [2.24, 2.45) is 7.05 Å². The number of thioether (sulfide) groups is 1. The minimum absolute atomic E-state index is 0.211. The van der Waals surface area contributed by atoms with E-state index in [9.17, 15) is 0 Å². The summed E-state index contributed by atoms with van der Waals surface area (Å²) in [7, 11) is 1.99. The summed E-state index contributed by atoms with van der Waals surface area (Å²) in [6, 6.07) is 2.13. The van der Waals surface area contributed by atoms with Gasteiger partial charge in [-0.2, -0.15) is 5.10 Å². The van der Waals surface area contributed by atoms with Crippen LogP contribution in [0, 0.1) is 6.92 Å². The van der Waals surface area contributed by atoms with Crippen LogP contribution >= 0.6 is 11.8 Å². The quantitative estimate of drug-likeness (QED) is 0.632. The maximum atomic E-state index is 4.31. The van der Waals surface area contributed by atoms with Gasteiger partial charge in [0.15, 0.2) is 0 Å². The Kier molecular flexibility index (Phi) is 4.22. The van der Waals surface area contributed by atoms with Crippen molar-refractivity contribution < 1.29 is 0 Å². The van der Waals surface area contributed by atoms with Gasteiger partial charge in [-0.25, -0.2) is 0 Å². The molecule has 0 aliphatic rings. The van der Waals surface area contributed by atoms with Crippen LogP contribution in [0.5, 0.6) is 0 Å². The molecular formula is C11H21N3S. The van der Waals surface area contributed by atoms with Crippen molar-refractivity contribution in [3.8, 4) is 0 Å². The zero-order valence-corrected chi connectivity index (χ0v) is 11.1. The molecule has 3 nitrogen and oxygen atoms in total. The summed E-state index contributed by atoms with van der Waals surface area (Å²) in [5, 5.41) is 9.02. The normalized spacial score (nSPS) is 12.1. The molecule has 0 saturated heterocycles. The lowest BCUT2D eigenvalue weighted by Gasteiger charge is -2.20. The minimum atomic E-state index is 0.211. The summed E-state index contributed by atoms with van der Waals surface area (Å²) in [5.74, 6) is 1.08. The van der Waals surface area contributed by atoms with Crippen LogP contribution < -0.4 is 5.32 Å². The van der Waals surface area contributed by atoms with Crippen LogP contribution in [-0.2, 0) is 7.05 Å². The molecule has 0 aliphatic carbocycles. The summed E-state index contributed by atoms with van der Waals surface area (Å²) < 4.78 is 1.94. The van der Waals surface area contributed by atoms with Gasteiger partial charge < -0.3 is 5.32 Å². The second-order valence-corrected chi connectivity index (χ2v) is 5.89. The number of aryl methyl sites for hydroxylation is 2. The first-order valence-electron chi connectivity index (χ1n) is 5.27. The van der Waals surface area contributed by atoms with Crippen molar-refractivity contribution in [3.05, 3.63) is 11.8 Å². The van der Waals surface area contributed by atoms with Gasteiger partial charge in [0.2, 0.25) is 0 Å². The van der Waals surface area contributed by atoms with E-state index in [-0.39, 0.29) is 5.54 Å². The highest BCUT2D eigenvalue weighted by Gasteiger charge is 2.08. The summed E-state index contributed by atoms with van der Waals surface area (Å²) in [6.45, 7) is 9.61. The second-order valence-electron chi connectivity index (χ2n) is 4.77. The molecular weight excluding hydrogens is 206 g/mol. The van der Waals surface area contributed by atoms with E-state index in [1.807, 2.05) is 30.4 Å². The highest BCUT2D eigenvalue weighted by Crippen LogP contribution is 2.17. The average Bonchev–Trinajstić information content (AvgIpc) is 2.37. The Bertz CT molecular complexity index is 312. The van der Waals surface area contributed by atoms with Gasteiger partial charge in [0.1, 0.15) is 0 Å². The highest BCUT2D eigenvalue weighted by atomic mass is 32.2. The van der Waals surface area contributed by atoms with Gasteiger partial charge in [0, 0.05) is 24.9 Å². The summed E-state index contributed by atoms with van der Waals surface area (Å²) in [6.07, 6.45) is 0. The second kappa shape index (κ2) is 5.03. The lowest BCUT2D eigenvalue weighted by molar-refractivity contribution is 0.441. The van der Waals surface area contributed by atoms with E-state index in [0.717, 1.165) is 18.0 Å². The Morgan fingerprint density at radius 2 is 2.13 bits per heavy atom. The van der Waals surface area contributed by atoms with E-state index in [4.69, 9.17) is 0 Å². The molecule has 0 aliphatic heterocycles. The fourth-order valence-corrected chi connectivity index (χ4v) is 2.20. The molecule has 1 heterocycles. The molecule has 4 heteroatoms. The van der Waals surface area contributed by atoms with Crippen LogP contribution in [0.1, 0.15) is 26.5 Å². The average molecular weight is 227 g/mol. The Hall–Kier alpha value is -0.480. The molecule has 0 spiro atoms. The molecule has 0 aromatic carbocycles. The molecule has 0 radical (unpaired) electrons. The summed E-state index contributed by atoms with van der Waals surface area (Å²) in [4.78, 5) is 0. The molecule has 0 fully saturated rings. The van der Waals surface area contributed by atoms with Gasteiger partial charge in [-0.1, -0.05) is 0 Å². The monoisotopic (exact) mass is 227 g/mol. The number of hydrogen-bond donors (Lipinski definition) is 1. The SMILES string of the molecule is Cc1cc(SCCNC(C)(C)C)n(C)n1. The summed E-state index contributed by atoms with van der Waals surface area (Å²) in [5.41, 5.74) is 1.30. The Labute approximate surface area is 96.6 Å². The van der Waals surface area contributed by atoms with Crippen molar-refractivity contribution in [2.45, 2.75) is 38.3 Å². The van der Waals surface area contributed by atoms with Crippen LogP contribution in [0.4, 0.5) is 0 Å². The minimum Gasteiger partial charge on any atom is -0.311 e. The van der Waals surface area contributed by atoms with E-state index >= 15 is 0 Å². The molecule has 1 rings (SSSR count). The van der Waals surface area contributed by atoms with Crippen molar-refractivity contribution >= 4 is 11.8 Å². The van der Waals surface area contributed by atoms with E-state index in [2.05, 4.69) is 37.3 Å². The van der Waals surface area contributed by atoms with E-state index < -0.39 is 0 Å². The third-order valence-corrected chi connectivity index (χ3v) is 3.05. The molecule has 0 bridgehead atoms. The molecule has 1 aromatic rings. The van der Waals surface area contributed by atoms with Crippen LogP contribution in [0.2, 0.25) is 0 Å². The van der Waals surface area contributed by atoms with Crippen molar-refractivity contribution in [3.63, 3.8) is 0 Å². The molecule has 0 saturated carbocycles. The standard InChI is InChI=1S/C11H21N3S/c1-9-8-10(14(5)13-9)15-7-6-12-11(2,3)4/h8,12H,6-7H2,1-5H3. The first kappa shape index (κ1) is 12.6. The molecule has 1 N–H and O–H groups in total. The largest absolute Gasteiger partial charge is 0.311 e. The van der Waals surface area contributed by atoms with Crippen molar-refractivity contribution in [1.82, 2.24) is 15.1 Å². The Balaban J connectivity index is 2.29. The van der Waals surface area contributed by atoms with Gasteiger partial charge in [-0.05, 0) is 33.8 Å². The van der Waals surface area contributed by atoms with Gasteiger partial charge in [-0.3, -0.25) is 4.68 Å². The topological polar surface area (TPSA) is 29.9 Å². The third kappa shape index (κ3) is 4.71. The zero-order chi connectivity index (χ0) is 11.5. The smallest absolute Gasteiger partial charge is 0.0939 e. The van der Waals surface area contributed by atoms with Crippen LogP contribution in [-0.4, -0.2) is 27.6 Å². The van der Waals surface area contributed by atoms with E-state index in [1.165, 1.54) is 5.03 Å². The molecule has 86 valence electrons.